The average Bonchev–Trinajstić information content (AvgIpc) is 3.23. The van der Waals surface area contributed by atoms with Crippen LogP contribution in [0, 0.1) is 5.82 Å². The molecule has 1 aliphatic heterocycles. The van der Waals surface area contributed by atoms with Gasteiger partial charge in [-0.1, -0.05) is 12.1 Å². The number of carbonyl (C=O) groups excluding carboxylic acids is 2. The first-order valence-electron chi connectivity index (χ1n) is 9.69. The number of anilines is 1. The Hall–Kier alpha value is -3.61. The number of hydrogen-bond donors (Lipinski definition) is 1. The molecule has 3 aromatic rings. The van der Waals surface area contributed by atoms with Crippen molar-refractivity contribution in [2.24, 2.45) is 0 Å². The van der Waals surface area contributed by atoms with Gasteiger partial charge in [-0.2, -0.15) is 0 Å². The van der Waals surface area contributed by atoms with Crippen molar-refractivity contribution in [2.45, 2.75) is 19.0 Å². The largest absolute Gasteiger partial charge is 0.497 e. The molecule has 2 heterocycles. The van der Waals surface area contributed by atoms with Crippen molar-refractivity contribution in [2.75, 3.05) is 19.0 Å². The van der Waals surface area contributed by atoms with E-state index in [-0.39, 0.29) is 24.2 Å². The molecule has 2 amide bonds. The highest BCUT2D eigenvalue weighted by Crippen LogP contribution is 2.34. The Balaban J connectivity index is 1.55. The molecular formula is C23H22FN3O3. The molecule has 0 aliphatic carbocycles. The smallest absolute Gasteiger partial charge is 0.233 e. The summed E-state index contributed by atoms with van der Waals surface area (Å²) in [6.45, 7) is 1.15. The van der Waals surface area contributed by atoms with Crippen LogP contribution in [-0.2, 0) is 16.1 Å². The molecule has 154 valence electrons. The number of nitrogens with one attached hydrogen (secondary N) is 1. The number of benzene rings is 2. The molecule has 0 spiro atoms. The van der Waals surface area contributed by atoms with Gasteiger partial charge < -0.3 is 19.5 Å². The number of carbonyl (C=O) groups is 2. The van der Waals surface area contributed by atoms with Crippen LogP contribution in [0.3, 0.4) is 0 Å². The van der Waals surface area contributed by atoms with E-state index in [9.17, 15) is 14.0 Å². The number of ether oxygens (including phenoxy) is 1. The predicted octanol–water partition coefficient (Wildman–Crippen LogP) is 3.60. The molecule has 0 unspecified atom stereocenters. The van der Waals surface area contributed by atoms with E-state index in [0.29, 0.717) is 24.5 Å². The number of methoxy groups -OCH3 is 1. The summed E-state index contributed by atoms with van der Waals surface area (Å²) in [5.41, 5.74) is 2.36. The summed E-state index contributed by atoms with van der Waals surface area (Å²) in [6, 6.07) is 16.7. The van der Waals surface area contributed by atoms with Gasteiger partial charge >= 0.3 is 0 Å². The number of fused-ring (bicyclic) bond motifs is 1. The van der Waals surface area contributed by atoms with Crippen molar-refractivity contribution in [3.05, 3.63) is 83.9 Å². The van der Waals surface area contributed by atoms with Crippen LogP contribution in [0.1, 0.15) is 23.7 Å². The van der Waals surface area contributed by atoms with E-state index in [2.05, 4.69) is 9.88 Å². The maximum Gasteiger partial charge on any atom is 0.233 e. The Morgan fingerprint density at radius 3 is 2.67 bits per heavy atom. The van der Waals surface area contributed by atoms with Crippen molar-refractivity contribution in [1.29, 1.82) is 0 Å². The SMILES string of the molecule is COc1cccc([C@@H]2c3cccn3CCN2C(=O)CC(=O)Nc2ccc(F)cc2)c1. The third-order valence-electron chi connectivity index (χ3n) is 5.21. The Bertz CT molecular complexity index is 1060. The zero-order chi connectivity index (χ0) is 21.1. The van der Waals surface area contributed by atoms with Crippen LogP contribution in [0.4, 0.5) is 10.1 Å². The van der Waals surface area contributed by atoms with Gasteiger partial charge in [-0.25, -0.2) is 4.39 Å². The quantitative estimate of drug-likeness (QED) is 0.658. The molecule has 1 aliphatic rings. The van der Waals surface area contributed by atoms with Gasteiger partial charge in [0.05, 0.1) is 13.2 Å². The van der Waals surface area contributed by atoms with Crippen LogP contribution in [0.15, 0.2) is 66.9 Å². The van der Waals surface area contributed by atoms with Gasteiger partial charge in [-0.05, 0) is 54.1 Å². The third-order valence-corrected chi connectivity index (χ3v) is 5.21. The van der Waals surface area contributed by atoms with E-state index in [0.717, 1.165) is 11.3 Å². The number of amides is 2. The summed E-state index contributed by atoms with van der Waals surface area (Å²) < 4.78 is 20.5. The summed E-state index contributed by atoms with van der Waals surface area (Å²) in [5, 5.41) is 2.65. The normalized spacial score (nSPS) is 15.4. The summed E-state index contributed by atoms with van der Waals surface area (Å²) in [5.74, 6) is -0.383. The summed E-state index contributed by atoms with van der Waals surface area (Å²) in [4.78, 5) is 27.2. The molecule has 2 aromatic carbocycles. The van der Waals surface area contributed by atoms with E-state index >= 15 is 0 Å². The predicted molar refractivity (Wildman–Crippen MR) is 111 cm³/mol. The van der Waals surface area contributed by atoms with Gasteiger partial charge in [0.2, 0.25) is 11.8 Å². The number of nitrogens with zero attached hydrogens (tertiary/aromatic N) is 2. The monoisotopic (exact) mass is 407 g/mol. The molecule has 1 aromatic heterocycles. The number of halogens is 1. The van der Waals surface area contributed by atoms with Gasteiger partial charge in [0.15, 0.2) is 0 Å². The van der Waals surface area contributed by atoms with E-state index in [1.165, 1.54) is 24.3 Å². The van der Waals surface area contributed by atoms with Crippen LogP contribution in [-0.4, -0.2) is 34.9 Å². The molecule has 1 N–H and O–H groups in total. The number of aromatic nitrogens is 1. The molecule has 0 radical (unpaired) electrons. The summed E-state index contributed by atoms with van der Waals surface area (Å²) in [6.07, 6.45) is 1.70. The van der Waals surface area contributed by atoms with Crippen LogP contribution in [0.2, 0.25) is 0 Å². The topological polar surface area (TPSA) is 63.6 Å². The maximum atomic E-state index is 13.1. The standard InChI is InChI=1S/C23H22FN3O3/c1-30-19-5-2-4-16(14-19)23-20-6-3-11-26(20)12-13-27(23)22(29)15-21(28)25-18-9-7-17(24)8-10-18/h2-11,14,23H,12-13,15H2,1H3,(H,25,28)/t23-/m1/s1. The van der Waals surface area contributed by atoms with Crippen molar-refractivity contribution < 1.29 is 18.7 Å². The van der Waals surface area contributed by atoms with Gasteiger partial charge in [0, 0.05) is 30.7 Å². The van der Waals surface area contributed by atoms with Crippen molar-refractivity contribution in [1.82, 2.24) is 9.47 Å². The zero-order valence-corrected chi connectivity index (χ0v) is 16.5. The van der Waals surface area contributed by atoms with E-state index in [1.807, 2.05) is 42.6 Å². The second-order valence-electron chi connectivity index (χ2n) is 7.12. The second kappa shape index (κ2) is 8.41. The first kappa shape index (κ1) is 19.7. The molecule has 0 bridgehead atoms. The van der Waals surface area contributed by atoms with Crippen LogP contribution >= 0.6 is 0 Å². The fourth-order valence-corrected chi connectivity index (χ4v) is 3.79. The lowest BCUT2D eigenvalue weighted by atomic mass is 9.99. The van der Waals surface area contributed by atoms with Gasteiger partial charge in [-0.3, -0.25) is 9.59 Å². The van der Waals surface area contributed by atoms with Crippen molar-refractivity contribution in [3.8, 4) is 5.75 Å². The lowest BCUT2D eigenvalue weighted by molar-refractivity contribution is -0.136. The fourth-order valence-electron chi connectivity index (χ4n) is 3.79. The lowest BCUT2D eigenvalue weighted by Crippen LogP contribution is -2.43. The van der Waals surface area contributed by atoms with E-state index in [1.54, 1.807) is 12.0 Å². The zero-order valence-electron chi connectivity index (χ0n) is 16.5. The molecule has 6 nitrogen and oxygen atoms in total. The van der Waals surface area contributed by atoms with Crippen LogP contribution in [0.25, 0.3) is 0 Å². The summed E-state index contributed by atoms with van der Waals surface area (Å²) in [7, 11) is 1.60. The summed E-state index contributed by atoms with van der Waals surface area (Å²) >= 11 is 0. The van der Waals surface area contributed by atoms with Gasteiger partial charge in [0.25, 0.3) is 0 Å². The van der Waals surface area contributed by atoms with Crippen molar-refractivity contribution in [3.63, 3.8) is 0 Å². The van der Waals surface area contributed by atoms with Gasteiger partial charge in [-0.15, -0.1) is 0 Å². The molecule has 0 saturated heterocycles. The van der Waals surface area contributed by atoms with E-state index in [4.69, 9.17) is 4.74 Å². The Kier molecular flexibility index (Phi) is 5.52. The minimum atomic E-state index is -0.433. The Morgan fingerprint density at radius 1 is 1.10 bits per heavy atom. The molecule has 0 fully saturated rings. The average molecular weight is 407 g/mol. The maximum absolute atomic E-state index is 13.1. The number of hydrogen-bond acceptors (Lipinski definition) is 3. The highest BCUT2D eigenvalue weighted by molar-refractivity contribution is 6.03. The molecule has 4 rings (SSSR count). The lowest BCUT2D eigenvalue weighted by Gasteiger charge is -2.37. The highest BCUT2D eigenvalue weighted by Gasteiger charge is 2.33. The molecule has 0 saturated carbocycles. The molecule has 30 heavy (non-hydrogen) atoms. The van der Waals surface area contributed by atoms with Crippen molar-refractivity contribution >= 4 is 17.5 Å². The number of rotatable bonds is 5. The molecule has 7 heteroatoms. The van der Waals surface area contributed by atoms with E-state index < -0.39 is 5.91 Å². The van der Waals surface area contributed by atoms with Crippen LogP contribution in [0.5, 0.6) is 5.75 Å². The Morgan fingerprint density at radius 2 is 1.90 bits per heavy atom. The minimum absolute atomic E-state index is 0.269. The minimum Gasteiger partial charge on any atom is -0.497 e. The van der Waals surface area contributed by atoms with Gasteiger partial charge in [0.1, 0.15) is 18.0 Å². The highest BCUT2D eigenvalue weighted by atomic mass is 19.1. The van der Waals surface area contributed by atoms with Crippen LogP contribution < -0.4 is 10.1 Å². The molecule has 1 atom stereocenters. The first-order chi connectivity index (χ1) is 14.5. The third kappa shape index (κ3) is 4.05. The first-order valence-corrected chi connectivity index (χ1v) is 9.69. The molecular weight excluding hydrogens is 385 g/mol. The second-order valence-corrected chi connectivity index (χ2v) is 7.12. The Labute approximate surface area is 173 Å². The fraction of sp³-hybridized carbons (Fsp3) is 0.217.